The summed E-state index contributed by atoms with van der Waals surface area (Å²) in [6, 6.07) is 0.390. The van der Waals surface area contributed by atoms with Gasteiger partial charge >= 0.3 is 0 Å². The summed E-state index contributed by atoms with van der Waals surface area (Å²) in [4.78, 5) is 13.1. The average molecular weight is 166 g/mol. The van der Waals surface area contributed by atoms with E-state index in [1.54, 1.807) is 11.8 Å². The van der Waals surface area contributed by atoms with Crippen LogP contribution in [0.4, 0.5) is 0 Å². The fourth-order valence-electron chi connectivity index (χ4n) is 1.30. The molecule has 0 saturated carbocycles. The normalized spacial score (nSPS) is 22.8. The number of nitrogens with zero attached hydrogens (tertiary/aromatic N) is 1. The second kappa shape index (κ2) is 4.13. The van der Waals surface area contributed by atoms with Crippen LogP contribution in [0.3, 0.4) is 0 Å². The molecule has 1 aliphatic rings. The lowest BCUT2D eigenvalue weighted by atomic mass is 10.2. The highest BCUT2D eigenvalue weighted by Gasteiger charge is 2.18. The minimum Gasteiger partial charge on any atom is -0.329 e. The van der Waals surface area contributed by atoms with E-state index in [2.05, 4.69) is 24.1 Å². The molecule has 1 amide bonds. The minimum atomic E-state index is -0.0501. The Hall–Kier alpha value is -1.01. The van der Waals surface area contributed by atoms with Crippen molar-refractivity contribution in [1.29, 1.82) is 0 Å². The van der Waals surface area contributed by atoms with Gasteiger partial charge in [0, 0.05) is 25.7 Å². The van der Waals surface area contributed by atoms with Crippen LogP contribution in [-0.2, 0) is 4.79 Å². The minimum absolute atomic E-state index is 0.0501. The first-order valence-corrected chi connectivity index (χ1v) is 4.19. The maximum Gasteiger partial charge on any atom is 0.298 e. The highest BCUT2D eigenvalue weighted by molar-refractivity contribution is 5.93. The van der Waals surface area contributed by atoms with Gasteiger partial charge in [0.2, 0.25) is 0 Å². The number of amides is 1. The first-order chi connectivity index (χ1) is 5.74. The summed E-state index contributed by atoms with van der Waals surface area (Å²) in [6.07, 6.45) is 0. The van der Waals surface area contributed by atoms with Gasteiger partial charge in [-0.15, -0.1) is 0 Å². The molecule has 1 aliphatic heterocycles. The molecule has 3 nitrogen and oxygen atoms in total. The van der Waals surface area contributed by atoms with Gasteiger partial charge in [-0.05, 0) is 19.8 Å². The van der Waals surface area contributed by atoms with Gasteiger partial charge in [-0.1, -0.05) is 5.92 Å². The summed E-state index contributed by atoms with van der Waals surface area (Å²) in [5.41, 5.74) is 0. The van der Waals surface area contributed by atoms with Crippen molar-refractivity contribution in [1.82, 2.24) is 10.2 Å². The van der Waals surface area contributed by atoms with E-state index in [0.29, 0.717) is 6.04 Å². The van der Waals surface area contributed by atoms with Crippen LogP contribution in [-0.4, -0.2) is 36.5 Å². The Bertz CT molecular complexity index is 226. The lowest BCUT2D eigenvalue weighted by molar-refractivity contribution is -0.126. The zero-order chi connectivity index (χ0) is 8.97. The van der Waals surface area contributed by atoms with Crippen molar-refractivity contribution in [3.05, 3.63) is 0 Å². The summed E-state index contributed by atoms with van der Waals surface area (Å²) >= 11 is 0. The molecule has 1 saturated heterocycles. The maximum absolute atomic E-state index is 11.3. The number of hydrogen-bond acceptors (Lipinski definition) is 2. The van der Waals surface area contributed by atoms with Crippen LogP contribution in [0.1, 0.15) is 13.8 Å². The van der Waals surface area contributed by atoms with Gasteiger partial charge in [-0.3, -0.25) is 4.79 Å². The Morgan fingerprint density at radius 3 is 3.00 bits per heavy atom. The Balaban J connectivity index is 2.49. The molecule has 1 N–H and O–H groups in total. The third-order valence-electron chi connectivity index (χ3n) is 1.89. The summed E-state index contributed by atoms with van der Waals surface area (Å²) in [5.74, 6) is 5.11. The topological polar surface area (TPSA) is 32.3 Å². The molecule has 1 heterocycles. The molecule has 0 bridgehead atoms. The SMILES string of the molecule is CC#CC(=O)N1CCN[C@@H](C)C1. The molecular formula is C9H14N2O. The second-order valence-electron chi connectivity index (χ2n) is 2.98. The van der Waals surface area contributed by atoms with Crippen LogP contribution < -0.4 is 5.32 Å². The average Bonchev–Trinajstić information content (AvgIpc) is 2.05. The Morgan fingerprint density at radius 1 is 1.67 bits per heavy atom. The monoisotopic (exact) mass is 166 g/mol. The van der Waals surface area contributed by atoms with Gasteiger partial charge in [-0.2, -0.15) is 0 Å². The number of piperazine rings is 1. The summed E-state index contributed by atoms with van der Waals surface area (Å²) in [7, 11) is 0. The molecule has 12 heavy (non-hydrogen) atoms. The van der Waals surface area contributed by atoms with E-state index in [1.165, 1.54) is 0 Å². The molecule has 0 aromatic carbocycles. The largest absolute Gasteiger partial charge is 0.329 e. The fourth-order valence-corrected chi connectivity index (χ4v) is 1.30. The maximum atomic E-state index is 11.3. The standard InChI is InChI=1S/C9H14N2O/c1-3-4-9(12)11-6-5-10-8(2)7-11/h8,10H,5-7H2,1-2H3/t8-/m0/s1. The summed E-state index contributed by atoms with van der Waals surface area (Å²) < 4.78 is 0. The van der Waals surface area contributed by atoms with Crippen molar-refractivity contribution < 1.29 is 4.79 Å². The van der Waals surface area contributed by atoms with Crippen molar-refractivity contribution >= 4 is 5.91 Å². The highest BCUT2D eigenvalue weighted by Crippen LogP contribution is 1.97. The fraction of sp³-hybridized carbons (Fsp3) is 0.667. The quantitative estimate of drug-likeness (QED) is 0.507. The molecular weight excluding hydrogens is 152 g/mol. The first-order valence-electron chi connectivity index (χ1n) is 4.19. The van der Waals surface area contributed by atoms with Crippen LogP contribution in [0.5, 0.6) is 0 Å². The lowest BCUT2D eigenvalue weighted by Gasteiger charge is -2.30. The molecule has 0 aromatic rings. The number of carbonyl (C=O) groups excluding carboxylic acids is 1. The second-order valence-corrected chi connectivity index (χ2v) is 2.98. The zero-order valence-corrected chi connectivity index (χ0v) is 7.55. The number of carbonyl (C=O) groups is 1. The van der Waals surface area contributed by atoms with E-state index in [1.807, 2.05) is 0 Å². The molecule has 0 radical (unpaired) electrons. The lowest BCUT2D eigenvalue weighted by Crippen LogP contribution is -2.51. The van der Waals surface area contributed by atoms with Crippen molar-refractivity contribution in [2.45, 2.75) is 19.9 Å². The van der Waals surface area contributed by atoms with Crippen molar-refractivity contribution in [2.24, 2.45) is 0 Å². The molecule has 66 valence electrons. The van der Waals surface area contributed by atoms with Gasteiger partial charge < -0.3 is 10.2 Å². The van der Waals surface area contributed by atoms with E-state index in [9.17, 15) is 4.79 Å². The zero-order valence-electron chi connectivity index (χ0n) is 7.55. The van der Waals surface area contributed by atoms with Crippen LogP contribution in [0.15, 0.2) is 0 Å². The van der Waals surface area contributed by atoms with Crippen molar-refractivity contribution in [3.8, 4) is 11.8 Å². The molecule has 3 heteroatoms. The van der Waals surface area contributed by atoms with Crippen LogP contribution in [0.25, 0.3) is 0 Å². The first kappa shape index (κ1) is 9.08. The van der Waals surface area contributed by atoms with E-state index >= 15 is 0 Å². The Labute approximate surface area is 73.1 Å². The highest BCUT2D eigenvalue weighted by atomic mass is 16.2. The molecule has 0 spiro atoms. The van der Waals surface area contributed by atoms with Crippen LogP contribution in [0, 0.1) is 11.8 Å². The van der Waals surface area contributed by atoms with Crippen molar-refractivity contribution in [2.75, 3.05) is 19.6 Å². The molecule has 0 aromatic heterocycles. The van der Waals surface area contributed by atoms with Crippen LogP contribution in [0.2, 0.25) is 0 Å². The van der Waals surface area contributed by atoms with Gasteiger partial charge in [-0.25, -0.2) is 0 Å². The predicted octanol–water partition coefficient (Wildman–Crippen LogP) is -0.170. The third-order valence-corrected chi connectivity index (χ3v) is 1.89. The molecule has 0 unspecified atom stereocenters. The predicted molar refractivity (Wildman–Crippen MR) is 47.5 cm³/mol. The van der Waals surface area contributed by atoms with Gasteiger partial charge in [0.1, 0.15) is 0 Å². The van der Waals surface area contributed by atoms with Gasteiger partial charge in [0.05, 0.1) is 0 Å². The molecule has 1 rings (SSSR count). The summed E-state index contributed by atoms with van der Waals surface area (Å²) in [6.45, 7) is 6.17. The molecule has 1 fully saturated rings. The van der Waals surface area contributed by atoms with E-state index in [0.717, 1.165) is 19.6 Å². The number of rotatable bonds is 0. The smallest absolute Gasteiger partial charge is 0.298 e. The Morgan fingerprint density at radius 2 is 2.42 bits per heavy atom. The van der Waals surface area contributed by atoms with Gasteiger partial charge in [0.25, 0.3) is 5.91 Å². The third kappa shape index (κ3) is 2.24. The number of hydrogen-bond donors (Lipinski definition) is 1. The summed E-state index contributed by atoms with van der Waals surface area (Å²) in [5, 5.41) is 3.27. The molecule has 1 atom stereocenters. The van der Waals surface area contributed by atoms with Crippen molar-refractivity contribution in [3.63, 3.8) is 0 Å². The van der Waals surface area contributed by atoms with Crippen LogP contribution >= 0.6 is 0 Å². The molecule has 0 aliphatic carbocycles. The van der Waals surface area contributed by atoms with E-state index in [-0.39, 0.29) is 5.91 Å². The van der Waals surface area contributed by atoms with E-state index in [4.69, 9.17) is 0 Å². The Kier molecular flexibility index (Phi) is 3.12. The van der Waals surface area contributed by atoms with E-state index < -0.39 is 0 Å². The number of nitrogens with one attached hydrogen (secondary N) is 1. The van der Waals surface area contributed by atoms with Gasteiger partial charge in [0.15, 0.2) is 0 Å².